The molecule has 0 aliphatic carbocycles. The summed E-state index contributed by atoms with van der Waals surface area (Å²) < 4.78 is 0. The predicted octanol–water partition coefficient (Wildman–Crippen LogP) is 1.15. The van der Waals surface area contributed by atoms with Crippen molar-refractivity contribution >= 4 is 11.8 Å². The molecule has 1 aromatic rings. The number of rotatable bonds is 6. The van der Waals surface area contributed by atoms with E-state index < -0.39 is 0 Å². The average molecular weight is 315 g/mol. The average Bonchev–Trinajstić information content (AvgIpc) is 3.19. The first kappa shape index (κ1) is 16.0. The van der Waals surface area contributed by atoms with Crippen molar-refractivity contribution in [3.63, 3.8) is 0 Å². The topological polar surface area (TPSA) is 61.4 Å². The Bertz CT molecular complexity index is 540. The molecule has 124 valence electrons. The van der Waals surface area contributed by atoms with Gasteiger partial charge in [0.15, 0.2) is 0 Å². The van der Waals surface area contributed by atoms with Crippen LogP contribution in [0.2, 0.25) is 0 Å². The summed E-state index contributed by atoms with van der Waals surface area (Å²) >= 11 is 0. The van der Waals surface area contributed by atoms with Gasteiger partial charge in [-0.1, -0.05) is 30.3 Å². The van der Waals surface area contributed by atoms with Gasteiger partial charge in [-0.25, -0.2) is 0 Å². The first-order valence-electron chi connectivity index (χ1n) is 8.52. The van der Waals surface area contributed by atoms with E-state index in [0.29, 0.717) is 32.0 Å². The molecule has 0 saturated carbocycles. The van der Waals surface area contributed by atoms with Crippen LogP contribution in [0.25, 0.3) is 0 Å². The van der Waals surface area contributed by atoms with Crippen molar-refractivity contribution in [3.05, 3.63) is 35.9 Å². The largest absolute Gasteiger partial charge is 0.356 e. The lowest BCUT2D eigenvalue weighted by atomic mass is 10.0. The van der Waals surface area contributed by atoms with E-state index in [1.165, 1.54) is 6.42 Å². The van der Waals surface area contributed by atoms with E-state index in [9.17, 15) is 9.59 Å². The number of likely N-dealkylation sites (tertiary alicyclic amines) is 1. The quantitative estimate of drug-likeness (QED) is 0.828. The zero-order valence-electron chi connectivity index (χ0n) is 13.5. The minimum atomic E-state index is -0.201. The molecule has 2 aliphatic rings. The molecule has 5 heteroatoms. The summed E-state index contributed by atoms with van der Waals surface area (Å²) in [6.07, 6.45) is 2.55. The van der Waals surface area contributed by atoms with Crippen LogP contribution in [0.15, 0.2) is 30.3 Å². The van der Waals surface area contributed by atoms with Crippen molar-refractivity contribution in [1.29, 1.82) is 0 Å². The molecule has 2 heterocycles. The van der Waals surface area contributed by atoms with Crippen molar-refractivity contribution in [1.82, 2.24) is 15.5 Å². The Morgan fingerprint density at radius 2 is 2.13 bits per heavy atom. The van der Waals surface area contributed by atoms with Crippen molar-refractivity contribution < 1.29 is 9.59 Å². The number of hydrogen-bond acceptors (Lipinski definition) is 3. The minimum absolute atomic E-state index is 0.0277. The first-order valence-corrected chi connectivity index (χ1v) is 8.52. The second-order valence-electron chi connectivity index (χ2n) is 6.60. The Kier molecular flexibility index (Phi) is 5.28. The second-order valence-corrected chi connectivity index (χ2v) is 6.60. The molecule has 0 aromatic heterocycles. The molecule has 0 spiro atoms. The Hall–Kier alpha value is -1.88. The zero-order chi connectivity index (χ0) is 16.1. The van der Waals surface area contributed by atoms with E-state index in [1.807, 2.05) is 30.3 Å². The van der Waals surface area contributed by atoms with E-state index in [4.69, 9.17) is 0 Å². The lowest BCUT2D eigenvalue weighted by molar-refractivity contribution is -0.129. The van der Waals surface area contributed by atoms with Gasteiger partial charge in [0.1, 0.15) is 0 Å². The van der Waals surface area contributed by atoms with Crippen LogP contribution in [0.3, 0.4) is 0 Å². The van der Waals surface area contributed by atoms with Crippen LogP contribution in [-0.4, -0.2) is 42.9 Å². The number of carbonyl (C=O) groups is 2. The van der Waals surface area contributed by atoms with E-state index >= 15 is 0 Å². The van der Waals surface area contributed by atoms with E-state index in [-0.39, 0.29) is 17.7 Å². The highest BCUT2D eigenvalue weighted by Crippen LogP contribution is 2.20. The molecule has 2 saturated heterocycles. The van der Waals surface area contributed by atoms with Gasteiger partial charge in [0.25, 0.3) is 0 Å². The third-order valence-corrected chi connectivity index (χ3v) is 4.82. The predicted molar refractivity (Wildman–Crippen MR) is 88.6 cm³/mol. The Labute approximate surface area is 137 Å². The van der Waals surface area contributed by atoms with Crippen molar-refractivity contribution in [2.45, 2.75) is 25.8 Å². The summed E-state index contributed by atoms with van der Waals surface area (Å²) in [4.78, 5) is 26.2. The molecule has 3 rings (SSSR count). The second kappa shape index (κ2) is 7.59. The third kappa shape index (κ3) is 4.32. The highest BCUT2D eigenvalue weighted by atomic mass is 16.2. The Morgan fingerprint density at radius 3 is 2.87 bits per heavy atom. The Morgan fingerprint density at radius 1 is 1.30 bits per heavy atom. The van der Waals surface area contributed by atoms with E-state index in [0.717, 1.165) is 25.1 Å². The Balaban J connectivity index is 1.43. The number of nitrogens with one attached hydrogen (secondary N) is 2. The van der Waals surface area contributed by atoms with Gasteiger partial charge in [-0.2, -0.15) is 0 Å². The summed E-state index contributed by atoms with van der Waals surface area (Å²) in [5.41, 5.74) is 1.11. The lowest BCUT2D eigenvalue weighted by Gasteiger charge is -2.17. The van der Waals surface area contributed by atoms with Crippen LogP contribution in [0, 0.1) is 11.8 Å². The molecule has 0 radical (unpaired) electrons. The molecule has 23 heavy (non-hydrogen) atoms. The fourth-order valence-electron chi connectivity index (χ4n) is 3.41. The van der Waals surface area contributed by atoms with Gasteiger partial charge in [0, 0.05) is 26.1 Å². The fraction of sp³-hybridized carbons (Fsp3) is 0.556. The number of amides is 2. The van der Waals surface area contributed by atoms with Crippen molar-refractivity contribution in [3.8, 4) is 0 Å². The third-order valence-electron chi connectivity index (χ3n) is 4.82. The van der Waals surface area contributed by atoms with Crippen LogP contribution >= 0.6 is 0 Å². The molecule has 0 bridgehead atoms. The molecule has 1 aromatic carbocycles. The normalized spacial score (nSPS) is 24.2. The van der Waals surface area contributed by atoms with E-state index in [2.05, 4.69) is 10.6 Å². The number of hydrogen-bond donors (Lipinski definition) is 2. The standard InChI is InChI=1S/C18H25N3O2/c22-17-10-16(13-21(17)12-15-4-2-1-3-5-15)18(23)20-9-7-14-6-8-19-11-14/h1-5,14,16,19H,6-13H2,(H,20,23). The summed E-state index contributed by atoms with van der Waals surface area (Å²) in [6.45, 7) is 3.99. The van der Waals surface area contributed by atoms with Crippen LogP contribution in [0.1, 0.15) is 24.8 Å². The number of benzene rings is 1. The van der Waals surface area contributed by atoms with Gasteiger partial charge in [-0.05, 0) is 37.4 Å². The highest BCUT2D eigenvalue weighted by molar-refractivity contribution is 5.89. The van der Waals surface area contributed by atoms with Crippen LogP contribution in [0.4, 0.5) is 0 Å². The fourth-order valence-corrected chi connectivity index (χ4v) is 3.41. The first-order chi connectivity index (χ1) is 11.2. The molecule has 2 aliphatic heterocycles. The molecule has 2 atom stereocenters. The SMILES string of the molecule is O=C(NCCC1CCNC1)C1CC(=O)N(Cc2ccccc2)C1. The maximum Gasteiger partial charge on any atom is 0.225 e. The van der Waals surface area contributed by atoms with Gasteiger partial charge in [-0.3, -0.25) is 9.59 Å². The van der Waals surface area contributed by atoms with Crippen LogP contribution in [-0.2, 0) is 16.1 Å². The van der Waals surface area contributed by atoms with Gasteiger partial charge in [0.05, 0.1) is 5.92 Å². The zero-order valence-corrected chi connectivity index (χ0v) is 13.5. The minimum Gasteiger partial charge on any atom is -0.356 e. The van der Waals surface area contributed by atoms with E-state index in [1.54, 1.807) is 4.90 Å². The van der Waals surface area contributed by atoms with Crippen molar-refractivity contribution in [2.75, 3.05) is 26.2 Å². The van der Waals surface area contributed by atoms with Gasteiger partial charge >= 0.3 is 0 Å². The molecule has 2 N–H and O–H groups in total. The molecule has 2 fully saturated rings. The highest BCUT2D eigenvalue weighted by Gasteiger charge is 2.34. The maximum atomic E-state index is 12.3. The smallest absolute Gasteiger partial charge is 0.225 e. The number of carbonyl (C=O) groups excluding carboxylic acids is 2. The summed E-state index contributed by atoms with van der Waals surface area (Å²) in [7, 11) is 0. The van der Waals surface area contributed by atoms with Gasteiger partial charge in [0.2, 0.25) is 11.8 Å². The van der Waals surface area contributed by atoms with Crippen LogP contribution in [0.5, 0.6) is 0 Å². The summed E-state index contributed by atoms with van der Waals surface area (Å²) in [5, 5.41) is 6.35. The van der Waals surface area contributed by atoms with Crippen LogP contribution < -0.4 is 10.6 Å². The molecular formula is C18H25N3O2. The maximum absolute atomic E-state index is 12.3. The summed E-state index contributed by atoms with van der Waals surface area (Å²) in [5.74, 6) is 0.580. The summed E-state index contributed by atoms with van der Waals surface area (Å²) in [6, 6.07) is 9.92. The molecule has 2 amide bonds. The number of nitrogens with zero attached hydrogens (tertiary/aromatic N) is 1. The monoisotopic (exact) mass is 315 g/mol. The molecular weight excluding hydrogens is 290 g/mol. The molecule has 5 nitrogen and oxygen atoms in total. The molecule has 2 unspecified atom stereocenters. The van der Waals surface area contributed by atoms with Crippen molar-refractivity contribution in [2.24, 2.45) is 11.8 Å². The van der Waals surface area contributed by atoms with Gasteiger partial charge < -0.3 is 15.5 Å². The lowest BCUT2D eigenvalue weighted by Crippen LogP contribution is -2.34. The van der Waals surface area contributed by atoms with Gasteiger partial charge in [-0.15, -0.1) is 0 Å².